The monoisotopic (exact) mass is 474 g/mol. The third-order valence-corrected chi connectivity index (χ3v) is 18.9. The SMILES string of the molecule is CC1=CC[C@H]2C(C)(C)[C@@H]([Hg][Br])CC[C@]2(C)O1. The zero-order valence-electron chi connectivity index (χ0n) is 10.8. The number of fused-ring (bicyclic) bond motifs is 1. The molecule has 1 heterocycles. The van der Waals surface area contributed by atoms with Crippen LogP contribution in [0.2, 0.25) is 3.43 Å². The number of hydrogen-bond acceptors (Lipinski definition) is 1. The minimum atomic E-state index is -0.810. The molecule has 1 nitrogen and oxygen atoms in total. The van der Waals surface area contributed by atoms with E-state index in [2.05, 4.69) is 45.7 Å². The van der Waals surface area contributed by atoms with E-state index in [-0.39, 0.29) is 5.60 Å². The molecule has 0 aromatic carbocycles. The van der Waals surface area contributed by atoms with Crippen LogP contribution in [0.4, 0.5) is 0 Å². The fourth-order valence-electron chi connectivity index (χ4n) is 3.72. The molecule has 3 atom stereocenters. The Balaban J connectivity index is 2.30. The van der Waals surface area contributed by atoms with Crippen molar-refractivity contribution in [3.8, 4) is 0 Å². The first-order chi connectivity index (χ1) is 7.40. The van der Waals surface area contributed by atoms with Crippen LogP contribution in [-0.2, 0) is 26.9 Å². The van der Waals surface area contributed by atoms with Crippen LogP contribution in [0.5, 0.6) is 0 Å². The van der Waals surface area contributed by atoms with Crippen LogP contribution in [0.1, 0.15) is 47.0 Å². The molecule has 0 unspecified atom stereocenters. The third kappa shape index (κ3) is 2.13. The van der Waals surface area contributed by atoms with Crippen LogP contribution < -0.4 is 0 Å². The predicted octanol–water partition coefficient (Wildman–Crippen LogP) is 4.69. The van der Waals surface area contributed by atoms with Gasteiger partial charge in [-0.15, -0.1) is 0 Å². The normalized spacial score (nSPS) is 41.4. The first kappa shape index (κ1) is 13.4. The van der Waals surface area contributed by atoms with Gasteiger partial charge < -0.3 is 0 Å². The molecule has 0 N–H and O–H groups in total. The van der Waals surface area contributed by atoms with Gasteiger partial charge in [0.15, 0.2) is 0 Å². The summed E-state index contributed by atoms with van der Waals surface area (Å²) in [5, 5.41) is 0. The van der Waals surface area contributed by atoms with Gasteiger partial charge in [0.2, 0.25) is 0 Å². The van der Waals surface area contributed by atoms with E-state index >= 15 is 0 Å². The van der Waals surface area contributed by atoms with Crippen molar-refractivity contribution in [1.29, 1.82) is 0 Å². The fourth-order valence-corrected chi connectivity index (χ4v) is 17.9. The van der Waals surface area contributed by atoms with E-state index in [1.54, 1.807) is 0 Å². The number of allylic oxidation sites excluding steroid dienone is 2. The Kier molecular flexibility index (Phi) is 3.82. The Labute approximate surface area is 117 Å². The number of rotatable bonds is 1. The molecule has 1 saturated carbocycles. The predicted molar refractivity (Wildman–Crippen MR) is 67.0 cm³/mol. The van der Waals surface area contributed by atoms with Crippen molar-refractivity contribution >= 4 is 11.9 Å². The molecule has 0 amide bonds. The standard InChI is InChI=1S/C13H21O.BrH.Hg/c1-10-6-7-11-12(2,3)8-5-9-13(11,4)14-10;;/h6,8,11H,5,7,9H2,1-4H3;1H;/q;;+1/p-1/t11-,13-;;/m0../s1. The summed E-state index contributed by atoms with van der Waals surface area (Å²) >= 11 is 3.09. The number of halogens is 1. The second-order valence-corrected chi connectivity index (χ2v) is 16.9. The number of hydrogen-bond donors (Lipinski definition) is 0. The molecule has 2 aliphatic rings. The van der Waals surface area contributed by atoms with Crippen LogP contribution in [0, 0.1) is 11.3 Å². The maximum atomic E-state index is 6.18. The van der Waals surface area contributed by atoms with E-state index in [1.807, 2.05) is 0 Å². The molecular formula is C13H21BrHgO. The molecule has 0 bridgehead atoms. The van der Waals surface area contributed by atoms with Crippen LogP contribution in [0.3, 0.4) is 0 Å². The molecule has 3 heteroatoms. The van der Waals surface area contributed by atoms with Gasteiger partial charge in [0, 0.05) is 0 Å². The summed E-state index contributed by atoms with van der Waals surface area (Å²) in [6.07, 6.45) is 6.14. The van der Waals surface area contributed by atoms with Gasteiger partial charge >= 0.3 is 118 Å². The van der Waals surface area contributed by atoms with Crippen LogP contribution in [-0.4, -0.2) is 5.60 Å². The summed E-state index contributed by atoms with van der Waals surface area (Å²) in [5.41, 5.74) is 0.574. The number of ether oxygens (including phenoxy) is 1. The molecule has 0 aromatic heterocycles. The van der Waals surface area contributed by atoms with E-state index in [0.717, 1.165) is 9.19 Å². The van der Waals surface area contributed by atoms with Gasteiger partial charge in [-0.25, -0.2) is 0 Å². The molecule has 1 fully saturated rings. The van der Waals surface area contributed by atoms with Gasteiger partial charge in [-0.2, -0.15) is 0 Å². The molecular weight excluding hydrogens is 453 g/mol. The van der Waals surface area contributed by atoms with Gasteiger partial charge in [0.05, 0.1) is 0 Å². The van der Waals surface area contributed by atoms with Crippen molar-refractivity contribution < 1.29 is 26.9 Å². The summed E-state index contributed by atoms with van der Waals surface area (Å²) in [7, 11) is 0. The topological polar surface area (TPSA) is 9.23 Å². The van der Waals surface area contributed by atoms with Crippen LogP contribution in [0.25, 0.3) is 0 Å². The quantitative estimate of drug-likeness (QED) is 0.502. The van der Waals surface area contributed by atoms with Crippen molar-refractivity contribution in [3.63, 3.8) is 0 Å². The van der Waals surface area contributed by atoms with Crippen molar-refractivity contribution in [2.45, 2.75) is 56.0 Å². The van der Waals surface area contributed by atoms with E-state index in [4.69, 9.17) is 4.74 Å². The Morgan fingerprint density at radius 2 is 2.12 bits per heavy atom. The molecule has 0 spiro atoms. The molecule has 88 valence electrons. The van der Waals surface area contributed by atoms with Crippen molar-refractivity contribution in [2.75, 3.05) is 0 Å². The molecule has 1 aliphatic carbocycles. The first-order valence-corrected chi connectivity index (χ1v) is 21.4. The zero-order chi connectivity index (χ0) is 12.0. The molecule has 0 radical (unpaired) electrons. The average molecular weight is 474 g/mol. The van der Waals surface area contributed by atoms with Crippen molar-refractivity contribution in [1.82, 2.24) is 0 Å². The van der Waals surface area contributed by atoms with E-state index in [1.165, 1.54) is 19.3 Å². The van der Waals surface area contributed by atoms with Gasteiger partial charge in [0.25, 0.3) is 0 Å². The van der Waals surface area contributed by atoms with Gasteiger partial charge in [0.1, 0.15) is 0 Å². The third-order valence-electron chi connectivity index (χ3n) is 4.90. The molecule has 1 aliphatic heterocycles. The second kappa shape index (κ2) is 4.57. The Morgan fingerprint density at radius 1 is 1.44 bits per heavy atom. The van der Waals surface area contributed by atoms with E-state index in [0.29, 0.717) is 11.3 Å². The molecule has 16 heavy (non-hydrogen) atoms. The fraction of sp³-hybridized carbons (Fsp3) is 0.846. The van der Waals surface area contributed by atoms with Crippen molar-refractivity contribution in [2.24, 2.45) is 11.3 Å². The van der Waals surface area contributed by atoms with Crippen LogP contribution >= 0.6 is 11.9 Å². The van der Waals surface area contributed by atoms with Crippen molar-refractivity contribution in [3.05, 3.63) is 11.8 Å². The Bertz CT molecular complexity index is 313. The molecule has 0 aromatic rings. The van der Waals surface area contributed by atoms with Crippen LogP contribution in [0.15, 0.2) is 11.8 Å². The summed E-state index contributed by atoms with van der Waals surface area (Å²) in [6.45, 7) is 9.38. The molecule has 2 rings (SSSR count). The zero-order valence-corrected chi connectivity index (χ0v) is 17.9. The first-order valence-electron chi connectivity index (χ1n) is 6.32. The van der Waals surface area contributed by atoms with Gasteiger partial charge in [-0.3, -0.25) is 0 Å². The Morgan fingerprint density at radius 3 is 2.75 bits per heavy atom. The summed E-state index contributed by atoms with van der Waals surface area (Å²) < 4.78 is 7.18. The summed E-state index contributed by atoms with van der Waals surface area (Å²) in [4.78, 5) is 0. The summed E-state index contributed by atoms with van der Waals surface area (Å²) in [6, 6.07) is 0. The summed E-state index contributed by atoms with van der Waals surface area (Å²) in [5.74, 6) is 1.84. The van der Waals surface area contributed by atoms with Gasteiger partial charge in [-0.05, 0) is 0 Å². The van der Waals surface area contributed by atoms with Gasteiger partial charge in [-0.1, -0.05) is 0 Å². The molecule has 0 saturated heterocycles. The second-order valence-electron chi connectivity index (χ2n) is 6.23. The van der Waals surface area contributed by atoms with E-state index < -0.39 is 22.1 Å². The van der Waals surface area contributed by atoms with E-state index in [9.17, 15) is 0 Å². The average Bonchev–Trinajstić information content (AvgIpc) is 2.16. The Hall–Kier alpha value is 0.955. The minimum absolute atomic E-state index is 0.106. The maximum absolute atomic E-state index is 6.18.